The van der Waals surface area contributed by atoms with Gasteiger partial charge in [-0.15, -0.1) is 0 Å². The van der Waals surface area contributed by atoms with Crippen LogP contribution in [0.25, 0.3) is 0 Å². The molecule has 0 bridgehead atoms. The van der Waals surface area contributed by atoms with Gasteiger partial charge in [0.15, 0.2) is 0 Å². The number of carbonyl (C=O) groups is 1. The predicted molar refractivity (Wildman–Crippen MR) is 74.1 cm³/mol. The van der Waals surface area contributed by atoms with Gasteiger partial charge < -0.3 is 10.6 Å². The Kier molecular flexibility index (Phi) is 4.31. The number of hydrogen-bond acceptors (Lipinski definition) is 2. The molecule has 3 nitrogen and oxygen atoms in total. The number of hydrogen-bond donors (Lipinski definition) is 1. The maximum Gasteiger partial charge on any atom is 0.226 e. The highest BCUT2D eigenvalue weighted by atomic mass is 16.2. The van der Waals surface area contributed by atoms with Crippen molar-refractivity contribution in [2.45, 2.75) is 64.8 Å². The Labute approximate surface area is 111 Å². The van der Waals surface area contributed by atoms with Crippen LogP contribution < -0.4 is 5.73 Å². The molecule has 0 aromatic heterocycles. The van der Waals surface area contributed by atoms with E-state index in [1.807, 2.05) is 0 Å². The van der Waals surface area contributed by atoms with E-state index >= 15 is 0 Å². The van der Waals surface area contributed by atoms with Gasteiger partial charge in [0.05, 0.1) is 0 Å². The summed E-state index contributed by atoms with van der Waals surface area (Å²) < 4.78 is 0. The first kappa shape index (κ1) is 13.9. The molecule has 1 atom stereocenters. The molecule has 0 saturated heterocycles. The van der Waals surface area contributed by atoms with Gasteiger partial charge in [-0.3, -0.25) is 4.79 Å². The molecule has 0 aromatic carbocycles. The van der Waals surface area contributed by atoms with Gasteiger partial charge in [-0.1, -0.05) is 20.3 Å². The molecule has 2 aliphatic rings. The van der Waals surface area contributed by atoms with Crippen molar-refractivity contribution in [1.29, 1.82) is 0 Å². The van der Waals surface area contributed by atoms with E-state index in [1.165, 1.54) is 32.1 Å². The second kappa shape index (κ2) is 5.60. The Hall–Kier alpha value is -0.570. The lowest BCUT2D eigenvalue weighted by atomic mass is 9.80. The monoisotopic (exact) mass is 252 g/mol. The average molecular weight is 252 g/mol. The van der Waals surface area contributed by atoms with Crippen molar-refractivity contribution in [2.75, 3.05) is 13.1 Å². The van der Waals surface area contributed by atoms with Crippen molar-refractivity contribution < 1.29 is 4.79 Å². The summed E-state index contributed by atoms with van der Waals surface area (Å²) in [5, 5.41) is 0. The van der Waals surface area contributed by atoms with Gasteiger partial charge in [-0.2, -0.15) is 0 Å². The van der Waals surface area contributed by atoms with E-state index in [9.17, 15) is 4.79 Å². The third-order valence-electron chi connectivity index (χ3n) is 4.96. The topological polar surface area (TPSA) is 46.3 Å². The molecule has 0 radical (unpaired) electrons. The number of nitrogens with two attached hydrogens (primary N) is 1. The van der Waals surface area contributed by atoms with Crippen molar-refractivity contribution in [2.24, 2.45) is 17.1 Å². The first-order chi connectivity index (χ1) is 8.56. The van der Waals surface area contributed by atoms with E-state index in [0.717, 1.165) is 19.4 Å². The fourth-order valence-electron chi connectivity index (χ4n) is 3.42. The van der Waals surface area contributed by atoms with E-state index in [-0.39, 0.29) is 11.3 Å². The fourth-order valence-corrected chi connectivity index (χ4v) is 3.42. The lowest BCUT2D eigenvalue weighted by Crippen LogP contribution is -2.49. The molecule has 3 heteroatoms. The van der Waals surface area contributed by atoms with E-state index in [2.05, 4.69) is 18.7 Å². The summed E-state index contributed by atoms with van der Waals surface area (Å²) in [5.74, 6) is 0.659. The highest BCUT2D eigenvalue weighted by molar-refractivity contribution is 5.80. The molecule has 0 aromatic rings. The number of carbonyl (C=O) groups excluding carboxylic acids is 1. The van der Waals surface area contributed by atoms with Crippen LogP contribution in [-0.2, 0) is 4.79 Å². The fraction of sp³-hybridized carbons (Fsp3) is 0.933. The van der Waals surface area contributed by atoms with Crippen molar-refractivity contribution in [3.05, 3.63) is 0 Å². The summed E-state index contributed by atoms with van der Waals surface area (Å²) in [6.07, 6.45) is 8.10. The molecule has 2 N–H and O–H groups in total. The summed E-state index contributed by atoms with van der Waals surface area (Å²) >= 11 is 0. The summed E-state index contributed by atoms with van der Waals surface area (Å²) in [6, 6.07) is 0.514. The second-order valence-corrected chi connectivity index (χ2v) is 6.69. The molecule has 0 aliphatic heterocycles. The Morgan fingerprint density at radius 1 is 1.28 bits per heavy atom. The molecule has 1 amide bonds. The molecule has 2 saturated carbocycles. The van der Waals surface area contributed by atoms with Gasteiger partial charge >= 0.3 is 0 Å². The average Bonchev–Trinajstić information content (AvgIpc) is 2.60. The minimum atomic E-state index is 0.196. The SMILES string of the molecule is CC1(C)CCCC1C(=O)N(CCCN)C1CCC1. The van der Waals surface area contributed by atoms with Gasteiger partial charge in [-0.25, -0.2) is 0 Å². The van der Waals surface area contributed by atoms with Crippen molar-refractivity contribution in [3.63, 3.8) is 0 Å². The molecule has 0 heterocycles. The molecule has 0 spiro atoms. The van der Waals surface area contributed by atoms with E-state index in [1.54, 1.807) is 0 Å². The zero-order valence-electron chi connectivity index (χ0n) is 12.0. The van der Waals surface area contributed by atoms with Crippen LogP contribution in [0.1, 0.15) is 58.8 Å². The van der Waals surface area contributed by atoms with Gasteiger partial charge in [-0.05, 0) is 50.5 Å². The Bertz CT molecular complexity index is 297. The number of amides is 1. The van der Waals surface area contributed by atoms with Crippen LogP contribution in [0.3, 0.4) is 0 Å². The largest absolute Gasteiger partial charge is 0.339 e. The third kappa shape index (κ3) is 2.71. The van der Waals surface area contributed by atoms with Gasteiger partial charge in [0.1, 0.15) is 0 Å². The van der Waals surface area contributed by atoms with Gasteiger partial charge in [0, 0.05) is 18.5 Å². The van der Waals surface area contributed by atoms with E-state index in [0.29, 0.717) is 18.5 Å². The quantitative estimate of drug-likeness (QED) is 0.817. The van der Waals surface area contributed by atoms with Crippen LogP contribution in [0, 0.1) is 11.3 Å². The van der Waals surface area contributed by atoms with Crippen LogP contribution in [0.4, 0.5) is 0 Å². The molecule has 2 aliphatic carbocycles. The molecule has 2 rings (SSSR count). The molecular formula is C15H28N2O. The van der Waals surface area contributed by atoms with Crippen LogP contribution in [0.2, 0.25) is 0 Å². The Morgan fingerprint density at radius 3 is 2.44 bits per heavy atom. The minimum Gasteiger partial charge on any atom is -0.339 e. The Balaban J connectivity index is 2.02. The van der Waals surface area contributed by atoms with E-state index in [4.69, 9.17) is 5.73 Å². The minimum absolute atomic E-state index is 0.196. The van der Waals surface area contributed by atoms with Crippen LogP contribution in [0.5, 0.6) is 0 Å². The van der Waals surface area contributed by atoms with Crippen LogP contribution in [-0.4, -0.2) is 29.9 Å². The third-order valence-corrected chi connectivity index (χ3v) is 4.96. The van der Waals surface area contributed by atoms with E-state index < -0.39 is 0 Å². The highest BCUT2D eigenvalue weighted by Gasteiger charge is 2.42. The number of rotatable bonds is 5. The summed E-state index contributed by atoms with van der Waals surface area (Å²) in [7, 11) is 0. The van der Waals surface area contributed by atoms with Gasteiger partial charge in [0.25, 0.3) is 0 Å². The maximum atomic E-state index is 12.8. The first-order valence-corrected chi connectivity index (χ1v) is 7.57. The van der Waals surface area contributed by atoms with Crippen molar-refractivity contribution >= 4 is 5.91 Å². The zero-order valence-corrected chi connectivity index (χ0v) is 12.0. The molecular weight excluding hydrogens is 224 g/mol. The normalized spacial score (nSPS) is 26.9. The molecule has 104 valence electrons. The lowest BCUT2D eigenvalue weighted by molar-refractivity contribution is -0.142. The smallest absolute Gasteiger partial charge is 0.226 e. The zero-order chi connectivity index (χ0) is 13.2. The number of nitrogens with zero attached hydrogens (tertiary/aromatic N) is 1. The predicted octanol–water partition coefficient (Wildman–Crippen LogP) is 2.54. The highest BCUT2D eigenvalue weighted by Crippen LogP contribution is 2.44. The Morgan fingerprint density at radius 2 is 2.00 bits per heavy atom. The summed E-state index contributed by atoms with van der Waals surface area (Å²) in [5.41, 5.74) is 5.80. The first-order valence-electron chi connectivity index (χ1n) is 7.57. The maximum absolute atomic E-state index is 12.8. The lowest BCUT2D eigenvalue weighted by Gasteiger charge is -2.41. The summed E-state index contributed by atoms with van der Waals surface area (Å²) in [6.45, 7) is 6.06. The van der Waals surface area contributed by atoms with Crippen molar-refractivity contribution in [3.8, 4) is 0 Å². The van der Waals surface area contributed by atoms with Crippen molar-refractivity contribution in [1.82, 2.24) is 4.90 Å². The molecule has 2 fully saturated rings. The molecule has 1 unspecified atom stereocenters. The van der Waals surface area contributed by atoms with Crippen LogP contribution in [0.15, 0.2) is 0 Å². The second-order valence-electron chi connectivity index (χ2n) is 6.69. The standard InChI is InChI=1S/C15H28N2O/c1-15(2)9-4-8-13(15)14(18)17(11-5-10-16)12-6-3-7-12/h12-13H,3-11,16H2,1-2H3. The van der Waals surface area contributed by atoms with Gasteiger partial charge in [0.2, 0.25) is 5.91 Å². The summed E-state index contributed by atoms with van der Waals surface area (Å²) in [4.78, 5) is 14.9. The molecule has 18 heavy (non-hydrogen) atoms. The van der Waals surface area contributed by atoms with Crippen LogP contribution >= 0.6 is 0 Å².